The third kappa shape index (κ3) is 3.68. The maximum Gasteiger partial charge on any atom is 0.270 e. The highest BCUT2D eigenvalue weighted by atomic mass is 32.1. The van der Waals surface area contributed by atoms with Crippen molar-refractivity contribution in [1.82, 2.24) is 4.90 Å². The third-order valence-electron chi connectivity index (χ3n) is 3.60. The number of rotatable bonds is 5. The number of nitro groups is 1. The van der Waals surface area contributed by atoms with Crippen LogP contribution in [-0.4, -0.2) is 36.9 Å². The van der Waals surface area contributed by atoms with Gasteiger partial charge in [-0.25, -0.2) is 0 Å². The molecule has 0 bridgehead atoms. The molecule has 0 atom stereocenters. The summed E-state index contributed by atoms with van der Waals surface area (Å²) in [7, 11) is 5.32. The topological polar surface area (TPSA) is 66.7 Å². The third-order valence-corrected chi connectivity index (χ3v) is 4.61. The number of amides is 1. The molecule has 1 aromatic carbocycles. The molecular formula is C16H19N3O3S. The van der Waals surface area contributed by atoms with Crippen LogP contribution in [0.3, 0.4) is 0 Å². The van der Waals surface area contributed by atoms with E-state index in [0.717, 1.165) is 10.4 Å². The highest BCUT2D eigenvalue weighted by molar-refractivity contribution is 7.10. The zero-order valence-corrected chi connectivity index (χ0v) is 14.4. The smallest absolute Gasteiger partial charge is 0.270 e. The van der Waals surface area contributed by atoms with E-state index < -0.39 is 4.92 Å². The lowest BCUT2D eigenvalue weighted by Crippen LogP contribution is -2.28. The van der Waals surface area contributed by atoms with Crippen molar-refractivity contribution in [3.05, 3.63) is 55.8 Å². The quantitative estimate of drug-likeness (QED) is 0.622. The number of aryl methyl sites for hydroxylation is 1. The summed E-state index contributed by atoms with van der Waals surface area (Å²) in [5.74, 6) is -0.231. The minimum Gasteiger partial charge on any atom is -0.377 e. The first-order valence-electron chi connectivity index (χ1n) is 7.05. The van der Waals surface area contributed by atoms with E-state index in [0.29, 0.717) is 17.8 Å². The van der Waals surface area contributed by atoms with E-state index in [1.807, 2.05) is 18.4 Å². The summed E-state index contributed by atoms with van der Waals surface area (Å²) in [6.07, 6.45) is 0. The monoisotopic (exact) mass is 333 g/mol. The summed E-state index contributed by atoms with van der Waals surface area (Å²) >= 11 is 1.60. The summed E-state index contributed by atoms with van der Waals surface area (Å²) in [6.45, 7) is 2.49. The van der Waals surface area contributed by atoms with Crippen LogP contribution in [0.25, 0.3) is 0 Å². The number of carbonyl (C=O) groups excluding carboxylic acids is 1. The molecule has 0 fully saturated rings. The first kappa shape index (κ1) is 17.0. The number of hydrogen-bond acceptors (Lipinski definition) is 5. The molecule has 1 amide bonds. The largest absolute Gasteiger partial charge is 0.377 e. The number of hydrogen-bond donors (Lipinski definition) is 0. The molecule has 0 radical (unpaired) electrons. The lowest BCUT2D eigenvalue weighted by Gasteiger charge is -2.21. The molecule has 1 heterocycles. The van der Waals surface area contributed by atoms with Gasteiger partial charge in [0.2, 0.25) is 0 Å². The lowest BCUT2D eigenvalue weighted by molar-refractivity contribution is -0.384. The zero-order chi connectivity index (χ0) is 17.1. The second-order valence-corrected chi connectivity index (χ2v) is 6.54. The number of non-ortho nitro benzene ring substituents is 1. The van der Waals surface area contributed by atoms with Crippen molar-refractivity contribution in [2.45, 2.75) is 13.5 Å². The van der Waals surface area contributed by atoms with Crippen molar-refractivity contribution in [2.24, 2.45) is 0 Å². The van der Waals surface area contributed by atoms with Gasteiger partial charge in [0, 0.05) is 43.8 Å². The van der Waals surface area contributed by atoms with Crippen molar-refractivity contribution < 1.29 is 9.72 Å². The van der Waals surface area contributed by atoms with Gasteiger partial charge in [-0.15, -0.1) is 11.3 Å². The molecule has 0 aliphatic carbocycles. The van der Waals surface area contributed by atoms with Crippen molar-refractivity contribution in [3.63, 3.8) is 0 Å². The average Bonchev–Trinajstić information content (AvgIpc) is 2.90. The normalized spacial score (nSPS) is 10.4. The molecule has 0 spiro atoms. The summed E-state index contributed by atoms with van der Waals surface area (Å²) in [4.78, 5) is 27.7. The van der Waals surface area contributed by atoms with Crippen LogP contribution in [0.2, 0.25) is 0 Å². The van der Waals surface area contributed by atoms with Gasteiger partial charge < -0.3 is 9.80 Å². The van der Waals surface area contributed by atoms with Gasteiger partial charge in [-0.2, -0.15) is 0 Å². The number of carbonyl (C=O) groups is 1. The Morgan fingerprint density at radius 2 is 1.96 bits per heavy atom. The minimum absolute atomic E-state index is 0.0837. The van der Waals surface area contributed by atoms with Crippen LogP contribution in [-0.2, 0) is 6.54 Å². The summed E-state index contributed by atoms with van der Waals surface area (Å²) < 4.78 is 0. The summed E-state index contributed by atoms with van der Waals surface area (Å²) in [5, 5.41) is 13.0. The molecule has 0 aliphatic rings. The Balaban J connectivity index is 2.34. The molecule has 2 rings (SSSR count). The fourth-order valence-electron chi connectivity index (χ4n) is 2.26. The molecule has 0 aliphatic heterocycles. The first-order chi connectivity index (χ1) is 10.8. The molecule has 7 heteroatoms. The van der Waals surface area contributed by atoms with Gasteiger partial charge in [-0.05, 0) is 30.0 Å². The van der Waals surface area contributed by atoms with E-state index in [1.165, 1.54) is 12.1 Å². The number of thiophene rings is 1. The van der Waals surface area contributed by atoms with Crippen LogP contribution < -0.4 is 4.90 Å². The second kappa shape index (κ2) is 6.78. The summed E-state index contributed by atoms with van der Waals surface area (Å²) in [6, 6.07) is 6.37. The van der Waals surface area contributed by atoms with Gasteiger partial charge in [0.25, 0.3) is 11.6 Å². The Labute approximate surface area is 139 Å². The maximum absolute atomic E-state index is 12.8. The molecule has 6 nitrogen and oxygen atoms in total. The van der Waals surface area contributed by atoms with E-state index in [9.17, 15) is 14.9 Å². The predicted molar refractivity (Wildman–Crippen MR) is 92.3 cm³/mol. The Hall–Kier alpha value is -2.41. The molecule has 122 valence electrons. The Kier molecular flexibility index (Phi) is 5.00. The summed E-state index contributed by atoms with van der Waals surface area (Å²) in [5.41, 5.74) is 2.05. The fourth-order valence-corrected chi connectivity index (χ4v) is 3.22. The SMILES string of the molecule is Cc1ccsc1CN(C)C(=O)c1cc([N+](=O)[O-])ccc1N(C)C. The van der Waals surface area contributed by atoms with Crippen LogP contribution in [0.15, 0.2) is 29.6 Å². The molecule has 0 N–H and O–H groups in total. The van der Waals surface area contributed by atoms with Crippen LogP contribution in [0.1, 0.15) is 20.8 Å². The van der Waals surface area contributed by atoms with Crippen molar-refractivity contribution in [2.75, 3.05) is 26.0 Å². The Morgan fingerprint density at radius 3 is 2.48 bits per heavy atom. The van der Waals surface area contributed by atoms with Gasteiger partial charge in [0.15, 0.2) is 0 Å². The van der Waals surface area contributed by atoms with Crippen LogP contribution >= 0.6 is 11.3 Å². The second-order valence-electron chi connectivity index (χ2n) is 5.54. The van der Waals surface area contributed by atoms with E-state index >= 15 is 0 Å². The number of nitro benzene ring substituents is 1. The number of benzene rings is 1. The number of nitrogens with zero attached hydrogens (tertiary/aromatic N) is 3. The first-order valence-corrected chi connectivity index (χ1v) is 7.93. The fraction of sp³-hybridized carbons (Fsp3) is 0.312. The van der Waals surface area contributed by atoms with Gasteiger partial charge in [0.1, 0.15) is 0 Å². The van der Waals surface area contributed by atoms with E-state index in [2.05, 4.69) is 0 Å². The molecule has 1 aromatic heterocycles. The molecular weight excluding hydrogens is 314 g/mol. The van der Waals surface area contributed by atoms with Crippen molar-refractivity contribution >= 4 is 28.6 Å². The number of anilines is 1. The van der Waals surface area contributed by atoms with Gasteiger partial charge in [0.05, 0.1) is 17.0 Å². The maximum atomic E-state index is 12.8. The molecule has 0 unspecified atom stereocenters. The minimum atomic E-state index is -0.486. The van der Waals surface area contributed by atoms with Crippen molar-refractivity contribution in [3.8, 4) is 0 Å². The van der Waals surface area contributed by atoms with E-state index in [4.69, 9.17) is 0 Å². The molecule has 0 saturated carbocycles. The van der Waals surface area contributed by atoms with E-state index in [1.54, 1.807) is 48.3 Å². The van der Waals surface area contributed by atoms with Crippen molar-refractivity contribution in [1.29, 1.82) is 0 Å². The molecule has 2 aromatic rings. The Bertz CT molecular complexity index is 740. The standard InChI is InChI=1S/C16H19N3O3S/c1-11-7-8-23-15(11)10-18(4)16(20)13-9-12(19(21)22)5-6-14(13)17(2)3/h5-9H,10H2,1-4H3. The van der Waals surface area contributed by atoms with Crippen LogP contribution in [0.4, 0.5) is 11.4 Å². The van der Waals surface area contributed by atoms with E-state index in [-0.39, 0.29) is 11.6 Å². The van der Waals surface area contributed by atoms with Crippen LogP contribution in [0, 0.1) is 17.0 Å². The highest BCUT2D eigenvalue weighted by Gasteiger charge is 2.21. The van der Waals surface area contributed by atoms with Crippen LogP contribution in [0.5, 0.6) is 0 Å². The zero-order valence-electron chi connectivity index (χ0n) is 13.6. The average molecular weight is 333 g/mol. The highest BCUT2D eigenvalue weighted by Crippen LogP contribution is 2.26. The lowest BCUT2D eigenvalue weighted by atomic mass is 10.1. The molecule has 0 saturated heterocycles. The van der Waals surface area contributed by atoms with Gasteiger partial charge in [-0.3, -0.25) is 14.9 Å². The van der Waals surface area contributed by atoms with Gasteiger partial charge in [-0.1, -0.05) is 0 Å². The predicted octanol–water partition coefficient (Wildman–Crippen LogP) is 3.30. The molecule has 23 heavy (non-hydrogen) atoms. The Morgan fingerprint density at radius 1 is 1.26 bits per heavy atom. The van der Waals surface area contributed by atoms with Gasteiger partial charge >= 0.3 is 0 Å².